The zero-order chi connectivity index (χ0) is 20.9. The van der Waals surface area contributed by atoms with Crippen LogP contribution in [0.15, 0.2) is 41.2 Å². The van der Waals surface area contributed by atoms with Crippen molar-refractivity contribution in [2.24, 2.45) is 5.92 Å². The van der Waals surface area contributed by atoms with Crippen molar-refractivity contribution in [1.29, 1.82) is 0 Å². The molecular formula is C23H29FN4O2. The number of rotatable bonds is 4. The second-order valence-corrected chi connectivity index (χ2v) is 8.40. The summed E-state index contributed by atoms with van der Waals surface area (Å²) in [7, 11) is 0. The van der Waals surface area contributed by atoms with Crippen LogP contribution in [0.2, 0.25) is 0 Å². The summed E-state index contributed by atoms with van der Waals surface area (Å²) < 4.78 is 14.8. The third kappa shape index (κ3) is 4.89. The number of hydrogen-bond acceptors (Lipinski definition) is 4. The predicted octanol–water partition coefficient (Wildman–Crippen LogP) is 3.43. The summed E-state index contributed by atoms with van der Waals surface area (Å²) in [5.41, 5.74) is 0.0746. The molecule has 4 rings (SSSR count). The second-order valence-electron chi connectivity index (χ2n) is 8.40. The first-order chi connectivity index (χ1) is 14.6. The van der Waals surface area contributed by atoms with Gasteiger partial charge in [-0.25, -0.2) is 4.39 Å². The first-order valence-corrected chi connectivity index (χ1v) is 11.0. The fraction of sp³-hybridized carbons (Fsp3) is 0.522. The number of amides is 1. The van der Waals surface area contributed by atoms with E-state index in [9.17, 15) is 14.0 Å². The van der Waals surface area contributed by atoms with Gasteiger partial charge in [0.15, 0.2) is 0 Å². The largest absolute Gasteiger partial charge is 0.354 e. The number of nitrogens with one attached hydrogen (secondary N) is 1. The average molecular weight is 413 g/mol. The normalized spacial score (nSPS) is 20.6. The van der Waals surface area contributed by atoms with Crippen LogP contribution in [-0.2, 0) is 4.79 Å². The summed E-state index contributed by atoms with van der Waals surface area (Å²) in [4.78, 5) is 27.2. The summed E-state index contributed by atoms with van der Waals surface area (Å²) in [5, 5.41) is 7.73. The van der Waals surface area contributed by atoms with E-state index in [-0.39, 0.29) is 17.4 Å². The zero-order valence-corrected chi connectivity index (χ0v) is 17.2. The molecule has 0 bridgehead atoms. The first kappa shape index (κ1) is 20.6. The molecular weight excluding hydrogens is 383 g/mol. The van der Waals surface area contributed by atoms with Gasteiger partial charge in [0.25, 0.3) is 5.56 Å². The van der Waals surface area contributed by atoms with Gasteiger partial charge in [0, 0.05) is 25.2 Å². The van der Waals surface area contributed by atoms with Crippen molar-refractivity contribution in [3.8, 4) is 5.69 Å². The van der Waals surface area contributed by atoms with E-state index < -0.39 is 5.82 Å². The molecule has 160 valence electrons. The van der Waals surface area contributed by atoms with E-state index in [1.165, 1.54) is 48.6 Å². The van der Waals surface area contributed by atoms with Crippen molar-refractivity contribution in [3.63, 3.8) is 0 Å². The molecule has 2 heterocycles. The molecule has 1 aliphatic heterocycles. The van der Waals surface area contributed by atoms with Gasteiger partial charge >= 0.3 is 0 Å². The number of carbonyl (C=O) groups excluding carboxylic acids is 1. The Morgan fingerprint density at radius 2 is 1.83 bits per heavy atom. The van der Waals surface area contributed by atoms with Crippen molar-refractivity contribution in [2.75, 3.05) is 18.0 Å². The highest BCUT2D eigenvalue weighted by atomic mass is 19.1. The molecule has 0 unspecified atom stereocenters. The van der Waals surface area contributed by atoms with E-state index in [1.807, 2.05) is 0 Å². The molecule has 1 aromatic carbocycles. The summed E-state index contributed by atoms with van der Waals surface area (Å²) in [5.74, 6) is 0.258. The van der Waals surface area contributed by atoms with Crippen molar-refractivity contribution in [2.45, 2.75) is 57.4 Å². The standard InChI is InChI=1S/C23H29FN4O2/c24-18-8-5-11-20(15-18)28-22(29)13-12-21(26-28)27-14-6-7-17(16-27)23(30)25-19-9-3-1-2-4-10-19/h5,8,11-13,15,17,19H,1-4,6-7,9-10,14,16H2,(H,25,30)/t17-/m0/s1. The Balaban J connectivity index is 1.47. The van der Waals surface area contributed by atoms with Gasteiger partial charge in [-0.3, -0.25) is 9.59 Å². The van der Waals surface area contributed by atoms with E-state index in [0.717, 1.165) is 32.2 Å². The van der Waals surface area contributed by atoms with Crippen LogP contribution in [0.3, 0.4) is 0 Å². The molecule has 0 radical (unpaired) electrons. The zero-order valence-electron chi connectivity index (χ0n) is 17.2. The fourth-order valence-corrected chi connectivity index (χ4v) is 4.50. The topological polar surface area (TPSA) is 67.2 Å². The number of piperidine rings is 1. The number of halogens is 1. The van der Waals surface area contributed by atoms with Crippen molar-refractivity contribution >= 4 is 11.7 Å². The summed E-state index contributed by atoms with van der Waals surface area (Å²) in [6.07, 6.45) is 8.79. The minimum atomic E-state index is -0.417. The molecule has 1 saturated carbocycles. The Morgan fingerprint density at radius 3 is 2.60 bits per heavy atom. The molecule has 1 atom stereocenters. The fourth-order valence-electron chi connectivity index (χ4n) is 4.50. The van der Waals surface area contributed by atoms with Crippen LogP contribution in [0.1, 0.15) is 51.4 Å². The Labute approximate surface area is 176 Å². The van der Waals surface area contributed by atoms with Crippen molar-refractivity contribution in [3.05, 3.63) is 52.6 Å². The van der Waals surface area contributed by atoms with Crippen molar-refractivity contribution in [1.82, 2.24) is 15.1 Å². The number of nitrogens with zero attached hydrogens (tertiary/aromatic N) is 3. The molecule has 6 nitrogen and oxygen atoms in total. The molecule has 2 aliphatic rings. The number of benzene rings is 1. The minimum absolute atomic E-state index is 0.0849. The summed E-state index contributed by atoms with van der Waals surface area (Å²) in [6.45, 7) is 1.36. The minimum Gasteiger partial charge on any atom is -0.354 e. The van der Waals surface area contributed by atoms with Crippen LogP contribution >= 0.6 is 0 Å². The lowest BCUT2D eigenvalue weighted by Crippen LogP contribution is -2.46. The first-order valence-electron chi connectivity index (χ1n) is 11.0. The van der Waals surface area contributed by atoms with Gasteiger partial charge in [-0.2, -0.15) is 4.68 Å². The molecule has 2 aromatic rings. The van der Waals surface area contributed by atoms with Crippen LogP contribution in [-0.4, -0.2) is 34.8 Å². The number of carbonyl (C=O) groups is 1. The SMILES string of the molecule is O=C(NC1CCCCCC1)[C@H]1CCCN(c2ccc(=O)n(-c3cccc(F)c3)n2)C1. The van der Waals surface area contributed by atoms with E-state index in [0.29, 0.717) is 24.1 Å². The maximum Gasteiger partial charge on any atom is 0.271 e. The Morgan fingerprint density at radius 1 is 1.03 bits per heavy atom. The lowest BCUT2D eigenvalue weighted by molar-refractivity contribution is -0.126. The Kier molecular flexibility index (Phi) is 6.45. The Hall–Kier alpha value is -2.70. The molecule has 1 aliphatic carbocycles. The number of aromatic nitrogens is 2. The van der Waals surface area contributed by atoms with E-state index in [4.69, 9.17) is 0 Å². The molecule has 7 heteroatoms. The number of hydrogen-bond donors (Lipinski definition) is 1. The van der Waals surface area contributed by atoms with Crippen LogP contribution in [0.25, 0.3) is 5.69 Å². The van der Waals surface area contributed by atoms with E-state index >= 15 is 0 Å². The van der Waals surface area contributed by atoms with Gasteiger partial charge in [-0.05, 0) is 49.9 Å². The molecule has 1 amide bonds. The molecule has 1 N–H and O–H groups in total. The third-order valence-electron chi connectivity index (χ3n) is 6.16. The van der Waals surface area contributed by atoms with Gasteiger partial charge in [0.05, 0.1) is 11.6 Å². The predicted molar refractivity (Wildman–Crippen MR) is 114 cm³/mol. The smallest absolute Gasteiger partial charge is 0.271 e. The highest BCUT2D eigenvalue weighted by molar-refractivity contribution is 5.79. The molecule has 1 saturated heterocycles. The lowest BCUT2D eigenvalue weighted by Gasteiger charge is -2.33. The highest BCUT2D eigenvalue weighted by Crippen LogP contribution is 2.23. The maximum absolute atomic E-state index is 13.6. The average Bonchev–Trinajstić information content (AvgIpc) is 3.03. The highest BCUT2D eigenvalue weighted by Gasteiger charge is 2.28. The molecule has 0 spiro atoms. The van der Waals surface area contributed by atoms with Gasteiger partial charge < -0.3 is 10.2 Å². The van der Waals surface area contributed by atoms with Crippen LogP contribution < -0.4 is 15.8 Å². The summed E-state index contributed by atoms with van der Waals surface area (Å²) >= 11 is 0. The van der Waals surface area contributed by atoms with Crippen LogP contribution in [0.4, 0.5) is 10.2 Å². The van der Waals surface area contributed by atoms with Crippen LogP contribution in [0.5, 0.6) is 0 Å². The summed E-state index contributed by atoms with van der Waals surface area (Å²) in [6, 6.07) is 9.26. The maximum atomic E-state index is 13.6. The molecule has 30 heavy (non-hydrogen) atoms. The van der Waals surface area contributed by atoms with Crippen molar-refractivity contribution < 1.29 is 9.18 Å². The molecule has 2 fully saturated rings. The Bertz CT molecular complexity index is 937. The second kappa shape index (κ2) is 9.41. The van der Waals surface area contributed by atoms with E-state index in [1.54, 1.807) is 18.2 Å². The quantitative estimate of drug-likeness (QED) is 0.782. The molecule has 1 aromatic heterocycles. The third-order valence-corrected chi connectivity index (χ3v) is 6.16. The van der Waals surface area contributed by atoms with Gasteiger partial charge in [0.1, 0.15) is 11.6 Å². The monoisotopic (exact) mass is 412 g/mol. The van der Waals surface area contributed by atoms with Gasteiger partial charge in [0.2, 0.25) is 5.91 Å². The van der Waals surface area contributed by atoms with Gasteiger partial charge in [-0.1, -0.05) is 31.7 Å². The van der Waals surface area contributed by atoms with Crippen LogP contribution in [0, 0.1) is 11.7 Å². The lowest BCUT2D eigenvalue weighted by atomic mass is 9.96. The van der Waals surface area contributed by atoms with E-state index in [2.05, 4.69) is 15.3 Å². The number of anilines is 1. The van der Waals surface area contributed by atoms with Gasteiger partial charge in [-0.15, -0.1) is 5.10 Å².